The van der Waals surface area contributed by atoms with E-state index in [4.69, 9.17) is 11.6 Å². The molecule has 0 saturated heterocycles. The van der Waals surface area contributed by atoms with Gasteiger partial charge in [-0.3, -0.25) is 4.79 Å². The summed E-state index contributed by atoms with van der Waals surface area (Å²) >= 11 is 6.01. The fourth-order valence-electron chi connectivity index (χ4n) is 2.37. The number of nitrogens with one attached hydrogen (secondary N) is 2. The lowest BCUT2D eigenvalue weighted by Crippen LogP contribution is -2.16. The summed E-state index contributed by atoms with van der Waals surface area (Å²) in [7, 11) is 0. The van der Waals surface area contributed by atoms with Crippen LogP contribution in [0, 0.1) is 25.5 Å². The normalized spacial score (nSPS) is 10.6. The SMILES string of the molecule is Cc1cc(C(=O)Nc2ccc(F)cc2F)nc(Nc2cc(Cl)ccc2C)n1. The monoisotopic (exact) mass is 388 g/mol. The first kappa shape index (κ1) is 18.7. The largest absolute Gasteiger partial charge is 0.324 e. The summed E-state index contributed by atoms with van der Waals surface area (Å²) in [6, 6.07) is 9.67. The van der Waals surface area contributed by atoms with Gasteiger partial charge in [-0.15, -0.1) is 0 Å². The van der Waals surface area contributed by atoms with E-state index in [0.717, 1.165) is 17.7 Å². The van der Waals surface area contributed by atoms with Gasteiger partial charge in [0.2, 0.25) is 5.95 Å². The Labute approximate surface area is 159 Å². The Balaban J connectivity index is 1.86. The van der Waals surface area contributed by atoms with Crippen LogP contribution in [0.15, 0.2) is 42.5 Å². The van der Waals surface area contributed by atoms with E-state index >= 15 is 0 Å². The number of carbonyl (C=O) groups excluding carboxylic acids is 1. The summed E-state index contributed by atoms with van der Waals surface area (Å²) in [5.74, 6) is -2.05. The Hall–Kier alpha value is -3.06. The Morgan fingerprint density at radius 2 is 1.78 bits per heavy atom. The number of hydrogen-bond donors (Lipinski definition) is 2. The van der Waals surface area contributed by atoms with Crippen LogP contribution >= 0.6 is 11.6 Å². The molecule has 3 rings (SSSR count). The van der Waals surface area contributed by atoms with Crippen molar-refractivity contribution < 1.29 is 13.6 Å². The highest BCUT2D eigenvalue weighted by atomic mass is 35.5. The molecule has 1 amide bonds. The molecule has 0 unspecified atom stereocenters. The summed E-state index contributed by atoms with van der Waals surface area (Å²) in [5.41, 5.74) is 2.05. The molecule has 0 spiro atoms. The molecule has 0 aliphatic rings. The number of nitrogens with zero attached hydrogens (tertiary/aromatic N) is 2. The van der Waals surface area contributed by atoms with Crippen molar-refractivity contribution in [3.8, 4) is 0 Å². The second-order valence-electron chi connectivity index (χ2n) is 5.88. The molecule has 138 valence electrons. The maximum Gasteiger partial charge on any atom is 0.274 e. The van der Waals surface area contributed by atoms with Gasteiger partial charge >= 0.3 is 0 Å². The third-order valence-corrected chi connectivity index (χ3v) is 3.95. The number of rotatable bonds is 4. The molecule has 1 aromatic heterocycles. The number of halogens is 3. The van der Waals surface area contributed by atoms with Crippen LogP contribution in [0.3, 0.4) is 0 Å². The molecule has 3 aromatic rings. The van der Waals surface area contributed by atoms with E-state index in [1.807, 2.05) is 13.0 Å². The quantitative estimate of drug-likeness (QED) is 0.658. The smallest absolute Gasteiger partial charge is 0.274 e. The predicted octanol–water partition coefficient (Wildman–Crippen LogP) is 5.02. The Bertz CT molecular complexity index is 1030. The van der Waals surface area contributed by atoms with Crippen LogP contribution in [0.5, 0.6) is 0 Å². The molecule has 2 N–H and O–H groups in total. The third-order valence-electron chi connectivity index (χ3n) is 3.71. The fourth-order valence-corrected chi connectivity index (χ4v) is 2.54. The van der Waals surface area contributed by atoms with Crippen molar-refractivity contribution >= 4 is 34.8 Å². The maximum atomic E-state index is 13.7. The number of hydrogen-bond acceptors (Lipinski definition) is 4. The van der Waals surface area contributed by atoms with Crippen LogP contribution in [0.4, 0.5) is 26.1 Å². The Morgan fingerprint density at radius 3 is 2.52 bits per heavy atom. The van der Waals surface area contributed by atoms with Gasteiger partial charge in [0.05, 0.1) is 5.69 Å². The zero-order chi connectivity index (χ0) is 19.6. The highest BCUT2D eigenvalue weighted by molar-refractivity contribution is 6.30. The minimum absolute atomic E-state index is 0.0356. The molecule has 0 aliphatic carbocycles. The van der Waals surface area contributed by atoms with E-state index in [1.54, 1.807) is 19.1 Å². The van der Waals surface area contributed by atoms with Gasteiger partial charge in [0.15, 0.2) is 0 Å². The van der Waals surface area contributed by atoms with Crippen LogP contribution in [0.25, 0.3) is 0 Å². The molecule has 1 heterocycles. The summed E-state index contributed by atoms with van der Waals surface area (Å²) in [5, 5.41) is 5.94. The van der Waals surface area contributed by atoms with E-state index in [-0.39, 0.29) is 17.3 Å². The summed E-state index contributed by atoms with van der Waals surface area (Å²) in [6.45, 7) is 3.59. The number of aromatic nitrogens is 2. The molecule has 0 atom stereocenters. The number of benzene rings is 2. The summed E-state index contributed by atoms with van der Waals surface area (Å²) in [4.78, 5) is 20.8. The maximum absolute atomic E-state index is 13.7. The first-order chi connectivity index (χ1) is 12.8. The molecule has 5 nitrogen and oxygen atoms in total. The van der Waals surface area contributed by atoms with Gasteiger partial charge in [0.25, 0.3) is 5.91 Å². The topological polar surface area (TPSA) is 66.9 Å². The number of aryl methyl sites for hydroxylation is 2. The molecule has 2 aromatic carbocycles. The van der Waals surface area contributed by atoms with Gasteiger partial charge in [-0.1, -0.05) is 17.7 Å². The van der Waals surface area contributed by atoms with Crippen LogP contribution in [-0.2, 0) is 0 Å². The zero-order valence-corrected chi connectivity index (χ0v) is 15.2. The predicted molar refractivity (Wildman–Crippen MR) is 101 cm³/mol. The molecule has 0 bridgehead atoms. The average molecular weight is 389 g/mol. The lowest BCUT2D eigenvalue weighted by Gasteiger charge is -2.11. The molecule has 27 heavy (non-hydrogen) atoms. The van der Waals surface area contributed by atoms with Crippen LogP contribution in [0.2, 0.25) is 5.02 Å². The molecular weight excluding hydrogens is 374 g/mol. The van der Waals surface area contributed by atoms with Crippen molar-refractivity contribution in [1.29, 1.82) is 0 Å². The van der Waals surface area contributed by atoms with Crippen LogP contribution in [-0.4, -0.2) is 15.9 Å². The number of anilines is 3. The lowest BCUT2D eigenvalue weighted by atomic mass is 10.2. The number of carbonyl (C=O) groups is 1. The lowest BCUT2D eigenvalue weighted by molar-refractivity contribution is 0.102. The van der Waals surface area contributed by atoms with Gasteiger partial charge in [-0.2, -0.15) is 0 Å². The van der Waals surface area contributed by atoms with Gasteiger partial charge in [0, 0.05) is 22.5 Å². The van der Waals surface area contributed by atoms with Gasteiger partial charge in [-0.25, -0.2) is 18.7 Å². The van der Waals surface area contributed by atoms with Crippen molar-refractivity contribution in [3.05, 3.63) is 76.1 Å². The second-order valence-corrected chi connectivity index (χ2v) is 6.32. The first-order valence-corrected chi connectivity index (χ1v) is 8.35. The van der Waals surface area contributed by atoms with Gasteiger partial charge in [0.1, 0.15) is 17.3 Å². The Morgan fingerprint density at radius 1 is 1.00 bits per heavy atom. The van der Waals surface area contributed by atoms with E-state index < -0.39 is 17.5 Å². The molecule has 0 aliphatic heterocycles. The van der Waals surface area contributed by atoms with Crippen LogP contribution < -0.4 is 10.6 Å². The first-order valence-electron chi connectivity index (χ1n) is 7.97. The van der Waals surface area contributed by atoms with E-state index in [0.29, 0.717) is 22.5 Å². The molecular formula is C19H15ClF2N4O. The highest BCUT2D eigenvalue weighted by Gasteiger charge is 2.14. The average Bonchev–Trinajstić information content (AvgIpc) is 2.60. The fraction of sp³-hybridized carbons (Fsp3) is 0.105. The Kier molecular flexibility index (Phi) is 5.32. The van der Waals surface area contributed by atoms with Crippen molar-refractivity contribution in [3.63, 3.8) is 0 Å². The van der Waals surface area contributed by atoms with Crippen molar-refractivity contribution in [2.45, 2.75) is 13.8 Å². The molecule has 0 saturated carbocycles. The zero-order valence-electron chi connectivity index (χ0n) is 14.5. The minimum atomic E-state index is -0.873. The van der Waals surface area contributed by atoms with E-state index in [1.165, 1.54) is 6.07 Å². The number of amides is 1. The van der Waals surface area contributed by atoms with Gasteiger partial charge in [-0.05, 0) is 49.7 Å². The van der Waals surface area contributed by atoms with E-state index in [9.17, 15) is 13.6 Å². The third kappa shape index (κ3) is 4.57. The second kappa shape index (κ2) is 7.67. The summed E-state index contributed by atoms with van der Waals surface area (Å²) < 4.78 is 26.7. The minimum Gasteiger partial charge on any atom is -0.324 e. The van der Waals surface area contributed by atoms with Crippen molar-refractivity contribution in [2.24, 2.45) is 0 Å². The molecule has 0 radical (unpaired) electrons. The van der Waals surface area contributed by atoms with Crippen molar-refractivity contribution in [1.82, 2.24) is 9.97 Å². The van der Waals surface area contributed by atoms with Gasteiger partial charge < -0.3 is 10.6 Å². The van der Waals surface area contributed by atoms with E-state index in [2.05, 4.69) is 20.6 Å². The van der Waals surface area contributed by atoms with Crippen LogP contribution in [0.1, 0.15) is 21.7 Å². The molecule has 0 fully saturated rings. The standard InChI is InChI=1S/C19H15ClF2N4O/c1-10-3-4-12(20)8-16(10)25-19-23-11(2)7-17(26-19)18(27)24-15-6-5-13(21)9-14(15)22/h3-9H,1-2H3,(H,24,27)(H,23,25,26). The summed E-state index contributed by atoms with van der Waals surface area (Å²) in [6.07, 6.45) is 0. The highest BCUT2D eigenvalue weighted by Crippen LogP contribution is 2.23. The van der Waals surface area contributed by atoms with Crippen molar-refractivity contribution in [2.75, 3.05) is 10.6 Å². The molecule has 8 heteroatoms.